The predicted octanol–water partition coefficient (Wildman–Crippen LogP) is 7.83. The molecular formula is C44H32ClN3O4S2. The van der Waals surface area contributed by atoms with Gasteiger partial charge in [0.15, 0.2) is 0 Å². The summed E-state index contributed by atoms with van der Waals surface area (Å²) in [5.41, 5.74) is 12.1. The van der Waals surface area contributed by atoms with Gasteiger partial charge in [0.2, 0.25) is 10.0 Å². The third-order valence-corrected chi connectivity index (χ3v) is 11.2. The largest absolute Gasteiger partial charge is 0.301 e. The maximum Gasteiger partial charge on any atom is 0.201 e. The molecule has 2 N–H and O–H groups in total. The lowest BCUT2D eigenvalue weighted by Crippen LogP contribution is -2.68. The number of hydrogen-bond donors (Lipinski definition) is 1. The summed E-state index contributed by atoms with van der Waals surface area (Å²) in [5, 5.41) is 7.44. The Labute approximate surface area is 323 Å². The van der Waals surface area contributed by atoms with Gasteiger partial charge in [0, 0.05) is 33.9 Å². The fourth-order valence-electron chi connectivity index (χ4n) is 6.83. The molecule has 0 amide bonds. The number of thiophene rings is 2. The Balaban J connectivity index is 0.000000778. The minimum atomic E-state index is -4.94. The number of nitrogens with zero attached hydrogens (tertiary/aromatic N) is 2. The highest BCUT2D eigenvalue weighted by Crippen LogP contribution is 2.62. The molecule has 0 saturated carbocycles. The number of fused-ring (bicyclic) bond motifs is 3. The summed E-state index contributed by atoms with van der Waals surface area (Å²) >= 11 is 3.75. The van der Waals surface area contributed by atoms with E-state index >= 15 is 0 Å². The molecule has 1 aliphatic heterocycles. The fourth-order valence-corrected chi connectivity index (χ4v) is 9.53. The highest BCUT2D eigenvalue weighted by molar-refractivity contribution is 7.23. The van der Waals surface area contributed by atoms with Crippen molar-refractivity contribution in [3.63, 3.8) is 0 Å². The van der Waals surface area contributed by atoms with E-state index in [2.05, 4.69) is 197 Å². The van der Waals surface area contributed by atoms with Crippen molar-refractivity contribution in [2.45, 2.75) is 0 Å². The van der Waals surface area contributed by atoms with Crippen LogP contribution in [0.1, 0.15) is 0 Å². The molecule has 0 atom stereocenters. The van der Waals surface area contributed by atoms with Gasteiger partial charge in [-0.1, -0.05) is 156 Å². The summed E-state index contributed by atoms with van der Waals surface area (Å²) in [5.74, 6) is 0. The Morgan fingerprint density at radius 1 is 0.352 bits per heavy atom. The van der Waals surface area contributed by atoms with Crippen molar-refractivity contribution < 1.29 is 34.2 Å². The van der Waals surface area contributed by atoms with Crippen LogP contribution in [0.15, 0.2) is 182 Å². The van der Waals surface area contributed by atoms with E-state index in [9.17, 15) is 0 Å². The van der Waals surface area contributed by atoms with Gasteiger partial charge in [-0.2, -0.15) is 0 Å². The topological polar surface area (TPSA) is 115 Å². The number of anilines is 6. The van der Waals surface area contributed by atoms with Crippen LogP contribution in [-0.2, 0) is 0 Å². The van der Waals surface area contributed by atoms with Crippen molar-refractivity contribution in [3.8, 4) is 33.4 Å². The third-order valence-electron chi connectivity index (χ3n) is 8.93. The van der Waals surface area contributed by atoms with Gasteiger partial charge < -0.3 is 9.80 Å². The van der Waals surface area contributed by atoms with Crippen LogP contribution in [0.3, 0.4) is 0 Å². The van der Waals surface area contributed by atoms with Gasteiger partial charge >= 0.3 is 0 Å². The maximum absolute atomic E-state index is 8.49. The number of halogens is 1. The molecule has 0 radical (unpaired) electrons. The van der Waals surface area contributed by atoms with Gasteiger partial charge in [0.05, 0.1) is 11.1 Å². The van der Waals surface area contributed by atoms with Crippen LogP contribution in [-0.4, -0.2) is 0 Å². The van der Waals surface area contributed by atoms with E-state index in [1.165, 1.54) is 53.4 Å². The summed E-state index contributed by atoms with van der Waals surface area (Å²) in [7, 11) is -4.94. The molecule has 0 fully saturated rings. The molecule has 266 valence electrons. The molecule has 6 aromatic carbocycles. The molecular weight excluding hydrogens is 734 g/mol. The Morgan fingerprint density at radius 3 is 0.852 bits per heavy atom. The summed E-state index contributed by atoms with van der Waals surface area (Å²) in [6, 6.07) is 64.9. The molecule has 0 unspecified atom stereocenters. The molecule has 3 heterocycles. The second kappa shape index (κ2) is 15.4. The highest BCUT2D eigenvalue weighted by atomic mass is 35.7. The van der Waals surface area contributed by atoms with Crippen molar-refractivity contribution in [3.05, 3.63) is 182 Å². The summed E-state index contributed by atoms with van der Waals surface area (Å²) in [6.45, 7) is 0. The van der Waals surface area contributed by atoms with Crippen LogP contribution in [0.2, 0.25) is 0 Å². The second-order valence-electron chi connectivity index (χ2n) is 12.3. The van der Waals surface area contributed by atoms with Crippen LogP contribution in [0, 0.1) is 10.2 Å². The smallest absolute Gasteiger partial charge is 0.201 e. The maximum atomic E-state index is 8.49. The number of hydrogen-bond acceptors (Lipinski definition) is 8. The first-order chi connectivity index (χ1) is 26.3. The zero-order valence-corrected chi connectivity index (χ0v) is 31.0. The van der Waals surface area contributed by atoms with E-state index in [1.54, 1.807) is 0 Å². The first kappa shape index (κ1) is 35.4. The standard InChI is InChI=1S/C44H31N3S2.ClHO4/c1-7-19-31(20-8-1)37-39-40-38(32-21-9-2-10-22-32)44(47(35-27-15-5-16-28-35)36-29-17-6-18-30-36)49-42(40)45-41(39)48-43(37)46(33-23-11-3-12-24-33)34-25-13-4-14-26-34;2-1(3,4)5/h1-30,45H;(H,2,3,4,5). The Kier molecular flexibility index (Phi) is 10.1. The number of nitrogens with two attached hydrogens (primary N) is 1. The minimum Gasteiger partial charge on any atom is -0.301 e. The molecule has 8 aromatic rings. The molecule has 0 aliphatic carbocycles. The van der Waals surface area contributed by atoms with E-state index in [-0.39, 0.29) is 0 Å². The van der Waals surface area contributed by atoms with E-state index < -0.39 is 10.2 Å². The summed E-state index contributed by atoms with van der Waals surface area (Å²) in [6.07, 6.45) is 0. The van der Waals surface area contributed by atoms with Crippen molar-refractivity contribution in [1.29, 1.82) is 0 Å². The lowest BCUT2D eigenvalue weighted by molar-refractivity contribution is -2.00. The Hall–Kier alpha value is -5.59. The normalized spacial score (nSPS) is 11.6. The number of rotatable bonds is 8. The van der Waals surface area contributed by atoms with E-state index in [0.717, 1.165) is 22.7 Å². The second-order valence-corrected chi connectivity index (χ2v) is 15.1. The molecule has 10 heteroatoms. The number of benzene rings is 6. The van der Waals surface area contributed by atoms with Crippen LogP contribution in [0.5, 0.6) is 0 Å². The van der Waals surface area contributed by atoms with Crippen molar-refractivity contribution in [2.24, 2.45) is 0 Å². The van der Waals surface area contributed by atoms with Gasteiger partial charge in [-0.05, 0) is 59.7 Å². The Morgan fingerprint density at radius 2 is 0.593 bits per heavy atom. The van der Waals surface area contributed by atoms with Crippen LogP contribution in [0.4, 0.5) is 42.8 Å². The average molecular weight is 766 g/mol. The lowest BCUT2D eigenvalue weighted by atomic mass is 9.93. The monoisotopic (exact) mass is 765 g/mol. The average Bonchev–Trinajstić information content (AvgIpc) is 3.85. The van der Waals surface area contributed by atoms with Crippen molar-refractivity contribution >= 4 is 65.4 Å². The zero-order chi connectivity index (χ0) is 37.1. The van der Waals surface area contributed by atoms with Crippen molar-refractivity contribution in [1.82, 2.24) is 0 Å². The quantitative estimate of drug-likeness (QED) is 0.169. The van der Waals surface area contributed by atoms with E-state index in [4.69, 9.17) is 18.6 Å². The van der Waals surface area contributed by atoms with E-state index in [0.29, 0.717) is 0 Å². The minimum absolute atomic E-state index is 1.14. The zero-order valence-electron chi connectivity index (χ0n) is 28.6. The molecule has 9 rings (SSSR count). The van der Waals surface area contributed by atoms with Crippen LogP contribution in [0.25, 0.3) is 33.4 Å². The molecule has 54 heavy (non-hydrogen) atoms. The lowest BCUT2D eigenvalue weighted by Gasteiger charge is -2.26. The SMILES string of the molecule is [O-][Cl+3]([O-])([O-])[O-].c1ccc(-c2c(N(c3ccccc3)c3ccccc3)sc3c2-c2c(sc(N(c4ccccc4)c4ccccc4)c2-c2ccccc2)[NH2+]3)cc1. The highest BCUT2D eigenvalue weighted by Gasteiger charge is 2.40. The van der Waals surface area contributed by atoms with Gasteiger partial charge in [0.25, 0.3) is 0 Å². The van der Waals surface area contributed by atoms with E-state index in [1.807, 2.05) is 22.7 Å². The first-order valence-corrected chi connectivity index (χ1v) is 19.9. The van der Waals surface area contributed by atoms with Gasteiger partial charge in [-0.3, -0.25) is 5.32 Å². The molecule has 0 saturated heterocycles. The third kappa shape index (κ3) is 7.31. The molecule has 1 aliphatic rings. The first-order valence-electron chi connectivity index (χ1n) is 17.1. The molecule has 2 aromatic heterocycles. The molecule has 0 spiro atoms. The number of para-hydroxylation sites is 4. The predicted molar refractivity (Wildman–Crippen MR) is 209 cm³/mol. The Bertz CT molecular complexity index is 2210. The van der Waals surface area contributed by atoms with Crippen molar-refractivity contribution in [2.75, 3.05) is 9.80 Å². The summed E-state index contributed by atoms with van der Waals surface area (Å²) < 4.78 is 34.0. The van der Waals surface area contributed by atoms with Gasteiger partial charge in [-0.25, -0.2) is 18.6 Å². The van der Waals surface area contributed by atoms with Crippen LogP contribution < -0.4 is 33.8 Å². The number of quaternary nitrogens is 1. The van der Waals surface area contributed by atoms with Gasteiger partial charge in [0.1, 0.15) is 10.0 Å². The molecule has 0 bridgehead atoms. The fraction of sp³-hybridized carbons (Fsp3) is 0. The van der Waals surface area contributed by atoms with Crippen LogP contribution >= 0.6 is 22.7 Å². The summed E-state index contributed by atoms with van der Waals surface area (Å²) in [4.78, 5) is 4.85. The van der Waals surface area contributed by atoms with Gasteiger partial charge in [-0.15, -0.1) is 10.2 Å². The molecule has 7 nitrogen and oxygen atoms in total.